The van der Waals surface area contributed by atoms with E-state index in [-0.39, 0.29) is 6.04 Å². The number of rotatable bonds is 4. The fourth-order valence-corrected chi connectivity index (χ4v) is 3.63. The standard InChI is InChI=1S/C18H19N3S2/c1-3-17-21-15-10-9-14(11-16(15)23-17)20-18(22)19-12(2)13-7-5-4-6-8-13/h4-12H,3H2,1-2H3,(H2,19,20,22)/t12-/m0/s1. The molecule has 2 N–H and O–H groups in total. The largest absolute Gasteiger partial charge is 0.356 e. The van der Waals surface area contributed by atoms with Gasteiger partial charge >= 0.3 is 0 Å². The van der Waals surface area contributed by atoms with Crippen molar-refractivity contribution in [2.45, 2.75) is 26.3 Å². The Bertz CT molecular complexity index is 812. The summed E-state index contributed by atoms with van der Waals surface area (Å²) in [5.41, 5.74) is 3.25. The maximum Gasteiger partial charge on any atom is 0.171 e. The van der Waals surface area contributed by atoms with E-state index in [1.165, 1.54) is 10.3 Å². The third kappa shape index (κ3) is 3.86. The van der Waals surface area contributed by atoms with Crippen LogP contribution >= 0.6 is 23.6 Å². The molecule has 0 saturated heterocycles. The molecule has 2 aromatic carbocycles. The van der Waals surface area contributed by atoms with Gasteiger partial charge in [-0.05, 0) is 49.3 Å². The molecule has 0 aliphatic carbocycles. The quantitative estimate of drug-likeness (QED) is 0.661. The second-order valence-electron chi connectivity index (χ2n) is 5.37. The number of nitrogens with one attached hydrogen (secondary N) is 2. The number of fused-ring (bicyclic) bond motifs is 1. The average molecular weight is 342 g/mol. The Morgan fingerprint density at radius 3 is 2.74 bits per heavy atom. The number of aryl methyl sites for hydroxylation is 1. The van der Waals surface area contributed by atoms with Crippen molar-refractivity contribution in [3.8, 4) is 0 Å². The molecule has 0 aliphatic rings. The molecule has 0 fully saturated rings. The van der Waals surface area contributed by atoms with E-state index in [4.69, 9.17) is 12.2 Å². The Kier molecular flexibility index (Phi) is 4.88. The highest BCUT2D eigenvalue weighted by molar-refractivity contribution is 7.80. The van der Waals surface area contributed by atoms with Gasteiger partial charge in [-0.2, -0.15) is 0 Å². The maximum absolute atomic E-state index is 5.43. The zero-order valence-electron chi connectivity index (χ0n) is 13.2. The zero-order valence-corrected chi connectivity index (χ0v) is 14.8. The second kappa shape index (κ2) is 7.06. The highest BCUT2D eigenvalue weighted by atomic mass is 32.1. The van der Waals surface area contributed by atoms with Gasteiger partial charge in [-0.15, -0.1) is 11.3 Å². The number of aromatic nitrogens is 1. The van der Waals surface area contributed by atoms with Crippen molar-refractivity contribution in [2.24, 2.45) is 0 Å². The lowest BCUT2D eigenvalue weighted by Crippen LogP contribution is -2.30. The predicted octanol–water partition coefficient (Wildman–Crippen LogP) is 4.91. The number of hydrogen-bond acceptors (Lipinski definition) is 3. The molecule has 3 aromatic rings. The monoisotopic (exact) mass is 341 g/mol. The Morgan fingerprint density at radius 1 is 1.22 bits per heavy atom. The minimum absolute atomic E-state index is 0.162. The first-order valence-electron chi connectivity index (χ1n) is 7.67. The minimum Gasteiger partial charge on any atom is -0.356 e. The highest BCUT2D eigenvalue weighted by Gasteiger charge is 2.08. The van der Waals surface area contributed by atoms with Crippen molar-refractivity contribution in [1.29, 1.82) is 0 Å². The van der Waals surface area contributed by atoms with E-state index in [1.54, 1.807) is 11.3 Å². The minimum atomic E-state index is 0.162. The molecule has 1 atom stereocenters. The van der Waals surface area contributed by atoms with Crippen LogP contribution in [0, 0.1) is 0 Å². The van der Waals surface area contributed by atoms with Crippen LogP contribution in [0.25, 0.3) is 10.2 Å². The van der Waals surface area contributed by atoms with Gasteiger partial charge < -0.3 is 10.6 Å². The number of anilines is 1. The SMILES string of the molecule is CCc1nc2ccc(NC(=S)N[C@@H](C)c3ccccc3)cc2s1. The summed E-state index contributed by atoms with van der Waals surface area (Å²) in [7, 11) is 0. The fraction of sp³-hybridized carbons (Fsp3) is 0.222. The lowest BCUT2D eigenvalue weighted by atomic mass is 10.1. The molecule has 3 nitrogen and oxygen atoms in total. The first kappa shape index (κ1) is 15.9. The van der Waals surface area contributed by atoms with Gasteiger partial charge in [0.2, 0.25) is 0 Å². The van der Waals surface area contributed by atoms with Gasteiger partial charge in [0.25, 0.3) is 0 Å². The number of thiazole rings is 1. The molecule has 0 unspecified atom stereocenters. The zero-order chi connectivity index (χ0) is 16.2. The summed E-state index contributed by atoms with van der Waals surface area (Å²) in [6.45, 7) is 4.23. The summed E-state index contributed by atoms with van der Waals surface area (Å²) >= 11 is 7.16. The highest BCUT2D eigenvalue weighted by Crippen LogP contribution is 2.25. The molecule has 23 heavy (non-hydrogen) atoms. The number of thiocarbonyl (C=S) groups is 1. The number of nitrogens with zero attached hydrogens (tertiary/aromatic N) is 1. The topological polar surface area (TPSA) is 37.0 Å². The van der Waals surface area contributed by atoms with E-state index in [9.17, 15) is 0 Å². The molecular weight excluding hydrogens is 322 g/mol. The Balaban J connectivity index is 1.67. The number of benzene rings is 2. The van der Waals surface area contributed by atoms with Crippen molar-refractivity contribution >= 4 is 44.6 Å². The van der Waals surface area contributed by atoms with Gasteiger partial charge in [0.15, 0.2) is 5.11 Å². The van der Waals surface area contributed by atoms with Gasteiger partial charge in [0.05, 0.1) is 21.3 Å². The summed E-state index contributed by atoms with van der Waals surface area (Å²) in [5.74, 6) is 0. The smallest absolute Gasteiger partial charge is 0.171 e. The summed E-state index contributed by atoms with van der Waals surface area (Å²) in [6, 6.07) is 16.6. The molecule has 5 heteroatoms. The van der Waals surface area contributed by atoms with Gasteiger partial charge in [0, 0.05) is 5.69 Å². The number of hydrogen-bond donors (Lipinski definition) is 2. The van der Waals surface area contributed by atoms with Crippen molar-refractivity contribution in [3.05, 3.63) is 59.1 Å². The molecular formula is C18H19N3S2. The summed E-state index contributed by atoms with van der Waals surface area (Å²) in [4.78, 5) is 4.58. The van der Waals surface area contributed by atoms with E-state index in [2.05, 4.69) is 47.7 Å². The summed E-state index contributed by atoms with van der Waals surface area (Å²) in [6.07, 6.45) is 0.969. The molecule has 0 bridgehead atoms. The lowest BCUT2D eigenvalue weighted by Gasteiger charge is -2.17. The van der Waals surface area contributed by atoms with Crippen LogP contribution in [0.2, 0.25) is 0 Å². The first-order valence-corrected chi connectivity index (χ1v) is 8.90. The molecule has 0 radical (unpaired) electrons. The van der Waals surface area contributed by atoms with Crippen LogP contribution in [0.3, 0.4) is 0 Å². The predicted molar refractivity (Wildman–Crippen MR) is 103 cm³/mol. The molecule has 1 heterocycles. The van der Waals surface area contributed by atoms with E-state index in [1.807, 2.05) is 30.3 Å². The van der Waals surface area contributed by atoms with Crippen LogP contribution in [-0.4, -0.2) is 10.1 Å². The lowest BCUT2D eigenvalue weighted by molar-refractivity contribution is 0.723. The van der Waals surface area contributed by atoms with Crippen LogP contribution in [-0.2, 0) is 6.42 Å². The van der Waals surface area contributed by atoms with Gasteiger partial charge in [-0.1, -0.05) is 37.3 Å². The molecule has 118 valence electrons. The Labute approximate surface area is 145 Å². The maximum atomic E-state index is 5.43. The van der Waals surface area contributed by atoms with E-state index in [0.717, 1.165) is 22.6 Å². The summed E-state index contributed by atoms with van der Waals surface area (Å²) in [5, 5.41) is 8.37. The summed E-state index contributed by atoms with van der Waals surface area (Å²) < 4.78 is 1.19. The molecule has 3 rings (SSSR count). The van der Waals surface area contributed by atoms with Crippen molar-refractivity contribution in [2.75, 3.05) is 5.32 Å². The third-order valence-electron chi connectivity index (χ3n) is 3.64. The van der Waals surface area contributed by atoms with Crippen LogP contribution in [0.15, 0.2) is 48.5 Å². The molecule has 0 amide bonds. The Hall–Kier alpha value is -1.98. The van der Waals surface area contributed by atoms with Crippen LogP contribution in [0.4, 0.5) is 5.69 Å². The molecule has 0 spiro atoms. The van der Waals surface area contributed by atoms with Gasteiger partial charge in [0.1, 0.15) is 0 Å². The van der Waals surface area contributed by atoms with E-state index >= 15 is 0 Å². The van der Waals surface area contributed by atoms with Crippen LogP contribution in [0.1, 0.15) is 30.5 Å². The first-order chi connectivity index (χ1) is 11.2. The van der Waals surface area contributed by atoms with Crippen molar-refractivity contribution < 1.29 is 0 Å². The van der Waals surface area contributed by atoms with E-state index in [0.29, 0.717) is 5.11 Å². The Morgan fingerprint density at radius 2 is 2.00 bits per heavy atom. The second-order valence-corrected chi connectivity index (χ2v) is 6.90. The van der Waals surface area contributed by atoms with Crippen LogP contribution in [0.5, 0.6) is 0 Å². The van der Waals surface area contributed by atoms with Crippen molar-refractivity contribution in [3.63, 3.8) is 0 Å². The average Bonchev–Trinajstić information content (AvgIpc) is 2.98. The van der Waals surface area contributed by atoms with Crippen molar-refractivity contribution in [1.82, 2.24) is 10.3 Å². The van der Waals surface area contributed by atoms with Gasteiger partial charge in [-0.3, -0.25) is 0 Å². The third-order valence-corrected chi connectivity index (χ3v) is 5.02. The molecule has 0 saturated carbocycles. The van der Waals surface area contributed by atoms with Gasteiger partial charge in [-0.25, -0.2) is 4.98 Å². The molecule has 0 aliphatic heterocycles. The van der Waals surface area contributed by atoms with Crippen LogP contribution < -0.4 is 10.6 Å². The van der Waals surface area contributed by atoms with E-state index < -0.39 is 0 Å². The normalized spacial score (nSPS) is 12.1. The fourth-order valence-electron chi connectivity index (χ4n) is 2.39. The molecule has 1 aromatic heterocycles.